The van der Waals surface area contributed by atoms with Crippen molar-refractivity contribution in [2.45, 2.75) is 58.5 Å². The van der Waals surface area contributed by atoms with E-state index in [1.807, 2.05) is 0 Å². The van der Waals surface area contributed by atoms with Gasteiger partial charge in [-0.2, -0.15) is 0 Å². The number of Topliss-reactive ketones (excluding diaryl/α,β-unsaturated/α-hetero) is 1. The molecule has 0 aromatic carbocycles. The summed E-state index contributed by atoms with van der Waals surface area (Å²) in [5, 5.41) is 9.75. The van der Waals surface area contributed by atoms with Gasteiger partial charge in [0.05, 0.1) is 5.60 Å². The van der Waals surface area contributed by atoms with E-state index in [0.29, 0.717) is 6.42 Å². The monoisotopic (exact) mass is 196 g/mol. The van der Waals surface area contributed by atoms with Crippen LogP contribution in [0.4, 0.5) is 0 Å². The first-order valence-corrected chi connectivity index (χ1v) is 5.46. The lowest BCUT2D eigenvalue weighted by Crippen LogP contribution is -2.33. The minimum absolute atomic E-state index is 0.153. The first kappa shape index (κ1) is 11.4. The SMILES string of the molecule is CCC(CC)=C1CCC(C)(O)CC1=O. The zero-order chi connectivity index (χ0) is 10.8. The molecule has 1 rings (SSSR count). The molecule has 1 aliphatic carbocycles. The Bertz CT molecular complexity index is 255. The van der Waals surface area contributed by atoms with Crippen molar-refractivity contribution < 1.29 is 9.90 Å². The maximum absolute atomic E-state index is 11.8. The molecule has 1 N–H and O–H groups in total. The molecule has 0 aromatic heterocycles. The van der Waals surface area contributed by atoms with Gasteiger partial charge in [0, 0.05) is 6.42 Å². The Labute approximate surface area is 86.0 Å². The van der Waals surface area contributed by atoms with Crippen molar-refractivity contribution in [2.75, 3.05) is 0 Å². The van der Waals surface area contributed by atoms with E-state index < -0.39 is 5.60 Å². The molecular weight excluding hydrogens is 176 g/mol. The third kappa shape index (κ3) is 2.44. The number of rotatable bonds is 2. The average molecular weight is 196 g/mol. The highest BCUT2D eigenvalue weighted by Crippen LogP contribution is 2.31. The Morgan fingerprint density at radius 2 is 2.00 bits per heavy atom. The van der Waals surface area contributed by atoms with E-state index in [1.54, 1.807) is 6.92 Å². The molecule has 1 unspecified atom stereocenters. The fourth-order valence-electron chi connectivity index (χ4n) is 2.13. The maximum Gasteiger partial charge on any atom is 0.161 e. The van der Waals surface area contributed by atoms with E-state index in [1.165, 1.54) is 5.57 Å². The molecule has 80 valence electrons. The fraction of sp³-hybridized carbons (Fsp3) is 0.750. The summed E-state index contributed by atoms with van der Waals surface area (Å²) in [5.41, 5.74) is 1.49. The zero-order valence-electron chi connectivity index (χ0n) is 9.39. The molecule has 14 heavy (non-hydrogen) atoms. The van der Waals surface area contributed by atoms with Crippen molar-refractivity contribution in [3.05, 3.63) is 11.1 Å². The highest BCUT2D eigenvalue weighted by atomic mass is 16.3. The van der Waals surface area contributed by atoms with Gasteiger partial charge in [0.15, 0.2) is 5.78 Å². The van der Waals surface area contributed by atoms with E-state index in [-0.39, 0.29) is 5.78 Å². The van der Waals surface area contributed by atoms with Crippen molar-refractivity contribution in [1.29, 1.82) is 0 Å². The number of hydrogen-bond acceptors (Lipinski definition) is 2. The molecule has 0 bridgehead atoms. The predicted molar refractivity (Wildman–Crippen MR) is 57.1 cm³/mol. The van der Waals surface area contributed by atoms with Gasteiger partial charge in [0.2, 0.25) is 0 Å². The van der Waals surface area contributed by atoms with Gasteiger partial charge in [-0.3, -0.25) is 4.79 Å². The van der Waals surface area contributed by atoms with Crippen LogP contribution in [0.25, 0.3) is 0 Å². The summed E-state index contributed by atoms with van der Waals surface area (Å²) in [6.45, 7) is 5.93. The van der Waals surface area contributed by atoms with Crippen molar-refractivity contribution in [2.24, 2.45) is 0 Å². The summed E-state index contributed by atoms with van der Waals surface area (Å²) < 4.78 is 0. The quantitative estimate of drug-likeness (QED) is 0.689. The largest absolute Gasteiger partial charge is 0.390 e. The summed E-state index contributed by atoms with van der Waals surface area (Å²) in [6.07, 6.45) is 3.69. The number of aliphatic hydroxyl groups is 1. The van der Waals surface area contributed by atoms with Gasteiger partial charge in [-0.1, -0.05) is 19.4 Å². The molecule has 0 aromatic rings. The summed E-state index contributed by atoms with van der Waals surface area (Å²) in [5.74, 6) is 0.153. The molecule has 0 heterocycles. The van der Waals surface area contributed by atoms with Crippen LogP contribution >= 0.6 is 0 Å². The third-order valence-electron chi connectivity index (χ3n) is 3.07. The topological polar surface area (TPSA) is 37.3 Å². The predicted octanol–water partition coefficient (Wildman–Crippen LogP) is 2.61. The van der Waals surface area contributed by atoms with E-state index in [4.69, 9.17) is 0 Å². The molecule has 2 heteroatoms. The van der Waals surface area contributed by atoms with E-state index in [0.717, 1.165) is 31.3 Å². The average Bonchev–Trinajstić information content (AvgIpc) is 2.09. The van der Waals surface area contributed by atoms with Crippen LogP contribution in [0.2, 0.25) is 0 Å². The second-order valence-corrected chi connectivity index (χ2v) is 4.39. The standard InChI is InChI=1S/C12H20O2/c1-4-9(5-2)10-6-7-12(3,14)8-11(10)13/h14H,4-8H2,1-3H3. The molecule has 1 aliphatic rings. The molecule has 0 radical (unpaired) electrons. The Kier molecular flexibility index (Phi) is 3.48. The Morgan fingerprint density at radius 3 is 2.43 bits per heavy atom. The summed E-state index contributed by atoms with van der Waals surface area (Å²) in [6, 6.07) is 0. The lowest BCUT2D eigenvalue weighted by molar-refractivity contribution is -0.122. The first-order valence-electron chi connectivity index (χ1n) is 5.46. The van der Waals surface area contributed by atoms with Crippen molar-refractivity contribution in [1.82, 2.24) is 0 Å². The Morgan fingerprint density at radius 1 is 1.43 bits per heavy atom. The highest BCUT2D eigenvalue weighted by Gasteiger charge is 2.32. The maximum atomic E-state index is 11.8. The molecule has 1 atom stereocenters. The molecular formula is C12H20O2. The van der Waals surface area contributed by atoms with Crippen LogP contribution in [-0.2, 0) is 4.79 Å². The summed E-state index contributed by atoms with van der Waals surface area (Å²) >= 11 is 0. The smallest absolute Gasteiger partial charge is 0.161 e. The number of carbonyl (C=O) groups is 1. The van der Waals surface area contributed by atoms with Crippen LogP contribution < -0.4 is 0 Å². The molecule has 1 saturated carbocycles. The van der Waals surface area contributed by atoms with Crippen molar-refractivity contribution in [3.8, 4) is 0 Å². The zero-order valence-corrected chi connectivity index (χ0v) is 9.39. The lowest BCUT2D eigenvalue weighted by atomic mass is 9.80. The Hall–Kier alpha value is -0.630. The van der Waals surface area contributed by atoms with Crippen LogP contribution in [0.3, 0.4) is 0 Å². The van der Waals surface area contributed by atoms with Gasteiger partial charge in [-0.05, 0) is 38.2 Å². The van der Waals surface area contributed by atoms with E-state index in [9.17, 15) is 9.90 Å². The van der Waals surface area contributed by atoms with E-state index >= 15 is 0 Å². The molecule has 2 nitrogen and oxygen atoms in total. The number of allylic oxidation sites excluding steroid dienone is 2. The summed E-state index contributed by atoms with van der Waals surface area (Å²) in [7, 11) is 0. The first-order chi connectivity index (χ1) is 6.50. The van der Waals surface area contributed by atoms with Crippen LogP contribution in [-0.4, -0.2) is 16.5 Å². The van der Waals surface area contributed by atoms with Crippen molar-refractivity contribution >= 4 is 5.78 Å². The second-order valence-electron chi connectivity index (χ2n) is 4.39. The normalized spacial score (nSPS) is 28.0. The van der Waals surface area contributed by atoms with Gasteiger partial charge < -0.3 is 5.11 Å². The van der Waals surface area contributed by atoms with Crippen LogP contribution in [0.5, 0.6) is 0 Å². The molecule has 0 amide bonds. The highest BCUT2D eigenvalue weighted by molar-refractivity contribution is 5.97. The fourth-order valence-corrected chi connectivity index (χ4v) is 2.13. The van der Waals surface area contributed by atoms with Gasteiger partial charge in [-0.15, -0.1) is 0 Å². The van der Waals surface area contributed by atoms with Crippen molar-refractivity contribution in [3.63, 3.8) is 0 Å². The van der Waals surface area contributed by atoms with Gasteiger partial charge in [0.1, 0.15) is 0 Å². The lowest BCUT2D eigenvalue weighted by Gasteiger charge is -2.29. The Balaban J connectivity index is 2.85. The molecule has 0 saturated heterocycles. The number of hydrogen-bond donors (Lipinski definition) is 1. The minimum Gasteiger partial charge on any atom is -0.390 e. The minimum atomic E-state index is -0.771. The molecule has 1 fully saturated rings. The van der Waals surface area contributed by atoms with Crippen LogP contribution in [0, 0.1) is 0 Å². The van der Waals surface area contributed by atoms with Gasteiger partial charge in [0.25, 0.3) is 0 Å². The molecule has 0 spiro atoms. The second kappa shape index (κ2) is 4.26. The summed E-state index contributed by atoms with van der Waals surface area (Å²) in [4.78, 5) is 11.8. The van der Waals surface area contributed by atoms with Crippen LogP contribution in [0.1, 0.15) is 52.9 Å². The van der Waals surface area contributed by atoms with Gasteiger partial charge in [-0.25, -0.2) is 0 Å². The van der Waals surface area contributed by atoms with Crippen LogP contribution in [0.15, 0.2) is 11.1 Å². The number of carbonyl (C=O) groups excluding carboxylic acids is 1. The number of ketones is 1. The van der Waals surface area contributed by atoms with Gasteiger partial charge >= 0.3 is 0 Å². The molecule has 0 aliphatic heterocycles. The van der Waals surface area contributed by atoms with E-state index in [2.05, 4.69) is 13.8 Å². The third-order valence-corrected chi connectivity index (χ3v) is 3.07.